The van der Waals surface area contributed by atoms with Gasteiger partial charge in [-0.1, -0.05) is 6.08 Å². The fourth-order valence-corrected chi connectivity index (χ4v) is 2.63. The Labute approximate surface area is 72.8 Å². The molecule has 0 heterocycles. The standard InChI is InChI=1S/C10H15NO/c1-2-8-6-10(8)4-3-7(5-10)9(11)12/h2,7-8H,1,3-6H2,(H2,11,12). The van der Waals surface area contributed by atoms with Crippen LogP contribution in [0.4, 0.5) is 0 Å². The number of nitrogens with two attached hydrogens (primary N) is 1. The molecule has 2 aliphatic rings. The first-order valence-electron chi connectivity index (χ1n) is 4.60. The predicted octanol–water partition coefficient (Wildman–Crippen LogP) is 1.46. The lowest BCUT2D eigenvalue weighted by molar-refractivity contribution is -0.121. The number of amides is 1. The Balaban J connectivity index is 2.00. The molecule has 2 rings (SSSR count). The van der Waals surface area contributed by atoms with Gasteiger partial charge in [0.15, 0.2) is 0 Å². The number of hydrogen-bond donors (Lipinski definition) is 1. The lowest BCUT2D eigenvalue weighted by Crippen LogP contribution is -2.20. The van der Waals surface area contributed by atoms with Crippen molar-refractivity contribution in [2.75, 3.05) is 0 Å². The monoisotopic (exact) mass is 165 g/mol. The Morgan fingerprint density at radius 1 is 1.58 bits per heavy atom. The molecule has 2 saturated carbocycles. The van der Waals surface area contributed by atoms with E-state index in [-0.39, 0.29) is 11.8 Å². The summed E-state index contributed by atoms with van der Waals surface area (Å²) in [6, 6.07) is 0. The van der Waals surface area contributed by atoms with E-state index in [2.05, 4.69) is 6.58 Å². The molecule has 66 valence electrons. The van der Waals surface area contributed by atoms with E-state index in [1.807, 2.05) is 6.08 Å². The summed E-state index contributed by atoms with van der Waals surface area (Å²) >= 11 is 0. The van der Waals surface area contributed by atoms with Gasteiger partial charge in [-0.15, -0.1) is 6.58 Å². The minimum Gasteiger partial charge on any atom is -0.369 e. The third kappa shape index (κ3) is 0.977. The molecule has 1 spiro atoms. The van der Waals surface area contributed by atoms with Crippen molar-refractivity contribution in [1.82, 2.24) is 0 Å². The van der Waals surface area contributed by atoms with Gasteiger partial charge < -0.3 is 5.73 Å². The van der Waals surface area contributed by atoms with E-state index in [1.165, 1.54) is 12.8 Å². The zero-order chi connectivity index (χ0) is 8.77. The van der Waals surface area contributed by atoms with Gasteiger partial charge in [0, 0.05) is 5.92 Å². The van der Waals surface area contributed by atoms with Crippen LogP contribution in [0.3, 0.4) is 0 Å². The van der Waals surface area contributed by atoms with Gasteiger partial charge in [0.1, 0.15) is 0 Å². The molecule has 12 heavy (non-hydrogen) atoms. The van der Waals surface area contributed by atoms with Crippen molar-refractivity contribution < 1.29 is 4.79 Å². The molecule has 2 heteroatoms. The van der Waals surface area contributed by atoms with Gasteiger partial charge in [-0.3, -0.25) is 4.79 Å². The molecule has 2 aliphatic carbocycles. The zero-order valence-electron chi connectivity index (χ0n) is 7.25. The van der Waals surface area contributed by atoms with Crippen LogP contribution < -0.4 is 5.73 Å². The fraction of sp³-hybridized carbons (Fsp3) is 0.700. The van der Waals surface area contributed by atoms with Crippen LogP contribution in [0.25, 0.3) is 0 Å². The summed E-state index contributed by atoms with van der Waals surface area (Å²) in [6.07, 6.45) is 6.46. The van der Waals surface area contributed by atoms with E-state index >= 15 is 0 Å². The molecule has 0 aromatic heterocycles. The summed E-state index contributed by atoms with van der Waals surface area (Å²) in [6.45, 7) is 3.80. The molecule has 0 bridgehead atoms. The van der Waals surface area contributed by atoms with Crippen molar-refractivity contribution in [1.29, 1.82) is 0 Å². The maximum Gasteiger partial charge on any atom is 0.220 e. The summed E-state index contributed by atoms with van der Waals surface area (Å²) in [5.41, 5.74) is 5.71. The van der Waals surface area contributed by atoms with Crippen molar-refractivity contribution >= 4 is 5.91 Å². The molecular weight excluding hydrogens is 150 g/mol. The minimum absolute atomic E-state index is 0.110. The summed E-state index contributed by atoms with van der Waals surface area (Å²) in [5.74, 6) is 0.707. The van der Waals surface area contributed by atoms with Crippen LogP contribution in [0.1, 0.15) is 25.7 Å². The zero-order valence-corrected chi connectivity index (χ0v) is 7.25. The molecule has 2 fully saturated rings. The molecule has 2 N–H and O–H groups in total. The average molecular weight is 165 g/mol. The number of carbonyl (C=O) groups is 1. The second-order valence-electron chi connectivity index (χ2n) is 4.25. The lowest BCUT2D eigenvalue weighted by atomic mass is 9.99. The molecule has 3 unspecified atom stereocenters. The highest BCUT2D eigenvalue weighted by molar-refractivity contribution is 5.77. The number of rotatable bonds is 2. The molecule has 1 amide bonds. The first-order chi connectivity index (χ1) is 5.68. The van der Waals surface area contributed by atoms with Gasteiger partial charge in [-0.2, -0.15) is 0 Å². The topological polar surface area (TPSA) is 43.1 Å². The quantitative estimate of drug-likeness (QED) is 0.618. The van der Waals surface area contributed by atoms with Crippen molar-refractivity contribution in [3.63, 3.8) is 0 Å². The maximum absolute atomic E-state index is 10.9. The molecule has 2 nitrogen and oxygen atoms in total. The van der Waals surface area contributed by atoms with Crippen molar-refractivity contribution in [3.8, 4) is 0 Å². The Morgan fingerprint density at radius 3 is 2.75 bits per heavy atom. The first-order valence-corrected chi connectivity index (χ1v) is 4.60. The molecule has 0 aromatic rings. The van der Waals surface area contributed by atoms with Crippen LogP contribution in [0, 0.1) is 17.3 Å². The van der Waals surface area contributed by atoms with Gasteiger partial charge in [0.2, 0.25) is 5.91 Å². The molecule has 0 radical (unpaired) electrons. The van der Waals surface area contributed by atoms with E-state index in [9.17, 15) is 4.79 Å². The third-order valence-electron chi connectivity index (χ3n) is 3.58. The summed E-state index contributed by atoms with van der Waals surface area (Å²) < 4.78 is 0. The molecule has 0 saturated heterocycles. The van der Waals surface area contributed by atoms with Crippen LogP contribution in [0.5, 0.6) is 0 Å². The molecule has 0 aliphatic heterocycles. The summed E-state index contributed by atoms with van der Waals surface area (Å²) in [7, 11) is 0. The van der Waals surface area contributed by atoms with Crippen molar-refractivity contribution in [2.45, 2.75) is 25.7 Å². The Kier molecular flexibility index (Phi) is 1.53. The van der Waals surface area contributed by atoms with Crippen LogP contribution in [-0.4, -0.2) is 5.91 Å². The Bertz CT molecular complexity index is 236. The fourth-order valence-electron chi connectivity index (χ4n) is 2.63. The Hall–Kier alpha value is -0.790. The Morgan fingerprint density at radius 2 is 2.33 bits per heavy atom. The van der Waals surface area contributed by atoms with E-state index in [1.54, 1.807) is 0 Å². The normalized spacial score (nSPS) is 44.7. The highest BCUT2D eigenvalue weighted by Gasteiger charge is 2.56. The number of hydrogen-bond acceptors (Lipinski definition) is 1. The highest BCUT2D eigenvalue weighted by Crippen LogP contribution is 2.64. The second-order valence-corrected chi connectivity index (χ2v) is 4.25. The summed E-state index contributed by atoms with van der Waals surface area (Å²) in [4.78, 5) is 10.9. The number of carbonyl (C=O) groups excluding carboxylic acids is 1. The molecule has 0 aromatic carbocycles. The van der Waals surface area contributed by atoms with E-state index in [0.29, 0.717) is 11.3 Å². The summed E-state index contributed by atoms with van der Waals surface area (Å²) in [5, 5.41) is 0. The SMILES string of the molecule is C=CC1CC12CCC(C(N)=O)C2. The van der Waals surface area contributed by atoms with E-state index in [0.717, 1.165) is 12.8 Å². The number of primary amides is 1. The predicted molar refractivity (Wildman–Crippen MR) is 47.3 cm³/mol. The highest BCUT2D eigenvalue weighted by atomic mass is 16.1. The molecule has 3 atom stereocenters. The lowest BCUT2D eigenvalue weighted by Gasteiger charge is -2.06. The van der Waals surface area contributed by atoms with Crippen LogP contribution >= 0.6 is 0 Å². The van der Waals surface area contributed by atoms with Crippen molar-refractivity contribution in [2.24, 2.45) is 23.0 Å². The van der Waals surface area contributed by atoms with Gasteiger partial charge in [-0.25, -0.2) is 0 Å². The average Bonchev–Trinajstić information content (AvgIpc) is 2.50. The van der Waals surface area contributed by atoms with Crippen molar-refractivity contribution in [3.05, 3.63) is 12.7 Å². The number of allylic oxidation sites excluding steroid dienone is 1. The smallest absolute Gasteiger partial charge is 0.220 e. The largest absolute Gasteiger partial charge is 0.369 e. The minimum atomic E-state index is -0.110. The van der Waals surface area contributed by atoms with Crippen LogP contribution in [0.15, 0.2) is 12.7 Å². The van der Waals surface area contributed by atoms with Gasteiger partial charge in [0.05, 0.1) is 0 Å². The molecular formula is C10H15NO. The van der Waals surface area contributed by atoms with Gasteiger partial charge in [-0.05, 0) is 37.0 Å². The van der Waals surface area contributed by atoms with Crippen LogP contribution in [-0.2, 0) is 4.79 Å². The van der Waals surface area contributed by atoms with E-state index in [4.69, 9.17) is 5.73 Å². The van der Waals surface area contributed by atoms with Gasteiger partial charge >= 0.3 is 0 Å². The van der Waals surface area contributed by atoms with Crippen LogP contribution in [0.2, 0.25) is 0 Å². The van der Waals surface area contributed by atoms with Gasteiger partial charge in [0.25, 0.3) is 0 Å². The first kappa shape index (κ1) is 7.84. The van der Waals surface area contributed by atoms with E-state index < -0.39 is 0 Å². The third-order valence-corrected chi connectivity index (χ3v) is 3.58. The second kappa shape index (κ2) is 2.35. The maximum atomic E-state index is 10.9.